The summed E-state index contributed by atoms with van der Waals surface area (Å²) in [6, 6.07) is 11.7. The number of hydrogen-bond donors (Lipinski definition) is 3. The molecule has 7 nitrogen and oxygen atoms in total. The molecule has 10 heteroatoms. The summed E-state index contributed by atoms with van der Waals surface area (Å²) in [6.45, 7) is 0.0178. The fourth-order valence-electron chi connectivity index (χ4n) is 2.50. The maximum Gasteiger partial charge on any atom is 0.573 e. The fourth-order valence-corrected chi connectivity index (χ4v) is 2.50. The van der Waals surface area contributed by atoms with Crippen LogP contribution >= 0.6 is 0 Å². The van der Waals surface area contributed by atoms with Gasteiger partial charge in [0.25, 0.3) is 11.8 Å². The Labute approximate surface area is 165 Å². The minimum absolute atomic E-state index is 0.0137. The Morgan fingerprint density at radius 2 is 1.55 bits per heavy atom. The summed E-state index contributed by atoms with van der Waals surface area (Å²) in [4.78, 5) is 24.9. The number of carbonyl (C=O) groups excluding carboxylic acids is 2. The van der Waals surface area contributed by atoms with Crippen LogP contribution in [-0.4, -0.2) is 45.4 Å². The molecular weight excluding hydrogens is 391 g/mol. The molecule has 1 atom stereocenters. The second-order valence-corrected chi connectivity index (χ2v) is 6.18. The third-order valence-corrected chi connectivity index (χ3v) is 3.68. The van der Waals surface area contributed by atoms with Crippen LogP contribution in [0.25, 0.3) is 0 Å². The molecule has 29 heavy (non-hydrogen) atoms. The number of nitrogens with one attached hydrogen (secondary N) is 3. The van der Waals surface area contributed by atoms with Gasteiger partial charge < -0.3 is 25.0 Å². The average molecular weight is 412 g/mol. The maximum atomic E-state index is 12.2. The predicted octanol–water partition coefficient (Wildman–Crippen LogP) is 1.69. The third-order valence-electron chi connectivity index (χ3n) is 3.68. The van der Waals surface area contributed by atoms with Gasteiger partial charge in [-0.1, -0.05) is 12.1 Å². The van der Waals surface area contributed by atoms with Crippen molar-refractivity contribution in [2.45, 2.75) is 6.36 Å². The lowest BCUT2D eigenvalue weighted by molar-refractivity contribution is -0.862. The normalized spacial score (nSPS) is 12.0. The number of anilines is 2. The van der Waals surface area contributed by atoms with Gasteiger partial charge in [0.15, 0.2) is 13.1 Å². The van der Waals surface area contributed by atoms with Crippen molar-refractivity contribution in [1.29, 1.82) is 0 Å². The number of alkyl halides is 3. The molecule has 0 aliphatic carbocycles. The van der Waals surface area contributed by atoms with Crippen LogP contribution in [0.3, 0.4) is 0 Å². The van der Waals surface area contributed by atoms with Crippen LogP contribution in [0.4, 0.5) is 24.5 Å². The molecule has 3 N–H and O–H groups in total. The van der Waals surface area contributed by atoms with Crippen molar-refractivity contribution in [3.63, 3.8) is 0 Å². The highest BCUT2D eigenvalue weighted by atomic mass is 19.4. The molecule has 2 rings (SSSR count). The predicted molar refractivity (Wildman–Crippen MR) is 100.0 cm³/mol. The topological polar surface area (TPSA) is 81.1 Å². The Morgan fingerprint density at radius 1 is 0.966 bits per heavy atom. The van der Waals surface area contributed by atoms with Crippen molar-refractivity contribution in [1.82, 2.24) is 0 Å². The van der Waals surface area contributed by atoms with Crippen molar-refractivity contribution in [3.05, 3.63) is 48.5 Å². The number of para-hydroxylation sites is 2. The smallest absolute Gasteiger partial charge is 0.495 e. The lowest BCUT2D eigenvalue weighted by Gasteiger charge is -2.15. The van der Waals surface area contributed by atoms with Gasteiger partial charge in [0.1, 0.15) is 11.5 Å². The molecule has 0 fully saturated rings. The van der Waals surface area contributed by atoms with Crippen LogP contribution in [0.1, 0.15) is 0 Å². The second kappa shape index (κ2) is 9.78. The van der Waals surface area contributed by atoms with Gasteiger partial charge in [-0.25, -0.2) is 0 Å². The van der Waals surface area contributed by atoms with Crippen molar-refractivity contribution in [3.8, 4) is 11.5 Å². The Kier molecular flexibility index (Phi) is 7.43. The molecule has 0 aromatic heterocycles. The van der Waals surface area contributed by atoms with E-state index in [1.807, 2.05) is 0 Å². The number of halogens is 3. The molecule has 156 valence electrons. The lowest BCUT2D eigenvalue weighted by Crippen LogP contribution is -3.11. The number of quaternary nitrogens is 1. The molecule has 2 aromatic carbocycles. The van der Waals surface area contributed by atoms with E-state index in [0.29, 0.717) is 22.0 Å². The average Bonchev–Trinajstić information content (AvgIpc) is 2.62. The van der Waals surface area contributed by atoms with Crippen molar-refractivity contribution < 1.29 is 37.1 Å². The largest absolute Gasteiger partial charge is 0.573 e. The van der Waals surface area contributed by atoms with Gasteiger partial charge in [-0.2, -0.15) is 0 Å². The van der Waals surface area contributed by atoms with E-state index in [-0.39, 0.29) is 24.7 Å². The summed E-state index contributed by atoms with van der Waals surface area (Å²) >= 11 is 0. The highest BCUT2D eigenvalue weighted by Gasteiger charge is 2.31. The highest BCUT2D eigenvalue weighted by molar-refractivity contribution is 5.94. The zero-order valence-electron chi connectivity index (χ0n) is 15.8. The number of ether oxygens (including phenoxy) is 2. The SMILES string of the molecule is COc1ccccc1NC(=O)C[NH+](C)CC(=O)Nc1ccc(OC(F)(F)F)cc1. The van der Waals surface area contributed by atoms with Gasteiger partial charge in [-0.15, -0.1) is 13.2 Å². The second-order valence-electron chi connectivity index (χ2n) is 6.18. The van der Waals surface area contributed by atoms with Gasteiger partial charge in [0.05, 0.1) is 19.8 Å². The van der Waals surface area contributed by atoms with Gasteiger partial charge in [0.2, 0.25) is 0 Å². The van der Waals surface area contributed by atoms with E-state index < -0.39 is 12.3 Å². The summed E-state index contributed by atoms with van der Waals surface area (Å²) in [5, 5.41) is 5.27. The number of hydrogen-bond acceptors (Lipinski definition) is 4. The molecule has 0 bridgehead atoms. The number of amides is 2. The first-order valence-corrected chi connectivity index (χ1v) is 8.56. The first-order valence-electron chi connectivity index (χ1n) is 8.56. The number of rotatable bonds is 8. The van der Waals surface area contributed by atoms with Crippen LogP contribution in [-0.2, 0) is 9.59 Å². The minimum Gasteiger partial charge on any atom is -0.495 e. The molecule has 0 heterocycles. The third kappa shape index (κ3) is 7.70. The quantitative estimate of drug-likeness (QED) is 0.617. The van der Waals surface area contributed by atoms with E-state index in [1.54, 1.807) is 31.3 Å². The van der Waals surface area contributed by atoms with E-state index in [0.717, 1.165) is 12.1 Å². The number of benzene rings is 2. The van der Waals surface area contributed by atoms with Crippen molar-refractivity contribution in [2.75, 3.05) is 37.9 Å². The first kappa shape index (κ1) is 22.0. The molecule has 0 spiro atoms. The maximum absolute atomic E-state index is 12.2. The van der Waals surface area contributed by atoms with Gasteiger partial charge in [0, 0.05) is 5.69 Å². The molecule has 2 aromatic rings. The highest BCUT2D eigenvalue weighted by Crippen LogP contribution is 2.24. The summed E-state index contributed by atoms with van der Waals surface area (Å²) in [6.07, 6.45) is -4.78. The summed E-state index contributed by atoms with van der Waals surface area (Å²) in [5.41, 5.74) is 0.842. The Bertz CT molecular complexity index is 841. The number of carbonyl (C=O) groups is 2. The Morgan fingerprint density at radius 3 is 2.14 bits per heavy atom. The molecule has 0 saturated heterocycles. The summed E-state index contributed by atoms with van der Waals surface area (Å²) < 4.78 is 45.4. The zero-order chi connectivity index (χ0) is 21.4. The lowest BCUT2D eigenvalue weighted by atomic mass is 10.3. The number of likely N-dealkylation sites (N-methyl/N-ethyl adjacent to an activating group) is 1. The molecule has 0 aliphatic rings. The van der Waals surface area contributed by atoms with E-state index in [2.05, 4.69) is 15.4 Å². The van der Waals surface area contributed by atoms with Crippen LogP contribution in [0, 0.1) is 0 Å². The van der Waals surface area contributed by atoms with E-state index >= 15 is 0 Å². The van der Waals surface area contributed by atoms with Crippen molar-refractivity contribution in [2.24, 2.45) is 0 Å². The first-order chi connectivity index (χ1) is 13.7. The molecule has 0 saturated carbocycles. The Hall–Kier alpha value is -3.27. The standard InChI is InChI=1S/C19H20F3N3O4/c1-25(12-18(27)24-15-5-3-4-6-16(15)28-2)11-17(26)23-13-7-9-14(10-8-13)29-19(20,21)22/h3-10H,11-12H2,1-2H3,(H,23,26)(H,24,27)/p+1. The Balaban J connectivity index is 1.81. The molecule has 1 unspecified atom stereocenters. The van der Waals surface area contributed by atoms with E-state index in [1.165, 1.54) is 19.2 Å². The zero-order valence-corrected chi connectivity index (χ0v) is 15.8. The molecule has 2 amide bonds. The van der Waals surface area contributed by atoms with Crippen LogP contribution in [0.15, 0.2) is 48.5 Å². The van der Waals surface area contributed by atoms with Gasteiger partial charge in [-0.3, -0.25) is 9.59 Å². The van der Waals surface area contributed by atoms with Gasteiger partial charge in [-0.05, 0) is 36.4 Å². The molecular formula is C19H21F3N3O4+. The van der Waals surface area contributed by atoms with Crippen LogP contribution in [0.5, 0.6) is 11.5 Å². The molecule has 0 aliphatic heterocycles. The monoisotopic (exact) mass is 412 g/mol. The fraction of sp³-hybridized carbons (Fsp3) is 0.263. The number of methoxy groups -OCH3 is 1. The van der Waals surface area contributed by atoms with Gasteiger partial charge >= 0.3 is 6.36 Å². The van der Waals surface area contributed by atoms with Crippen LogP contribution < -0.4 is 25.0 Å². The summed E-state index contributed by atoms with van der Waals surface area (Å²) in [7, 11) is 3.16. The summed E-state index contributed by atoms with van der Waals surface area (Å²) in [5.74, 6) is -0.550. The molecule has 0 radical (unpaired) electrons. The van der Waals surface area contributed by atoms with E-state index in [9.17, 15) is 22.8 Å². The van der Waals surface area contributed by atoms with Crippen LogP contribution in [0.2, 0.25) is 0 Å². The minimum atomic E-state index is -4.78. The van der Waals surface area contributed by atoms with Crippen molar-refractivity contribution >= 4 is 23.2 Å². The van der Waals surface area contributed by atoms with E-state index in [4.69, 9.17) is 4.74 Å².